The average Bonchev–Trinajstić information content (AvgIpc) is 2.29. The minimum absolute atomic E-state index is 0.0466. The fourth-order valence-corrected chi connectivity index (χ4v) is 1.75. The monoisotopic (exact) mass is 236 g/mol. The summed E-state index contributed by atoms with van der Waals surface area (Å²) in [5, 5.41) is 3.35. The van der Waals surface area contributed by atoms with Crippen LogP contribution in [-0.2, 0) is 10.2 Å². The molecule has 0 aliphatic carbocycles. The molecule has 0 aromatic carbocycles. The normalized spacial score (nSPS) is 18.1. The molecule has 1 aromatic rings. The number of nitrogens with one attached hydrogen (secondary N) is 1. The molecule has 0 atom stereocenters. The van der Waals surface area contributed by atoms with Gasteiger partial charge < -0.3 is 10.1 Å². The van der Waals surface area contributed by atoms with E-state index in [1.807, 2.05) is 0 Å². The van der Waals surface area contributed by atoms with Crippen LogP contribution in [-0.4, -0.2) is 34.2 Å². The minimum atomic E-state index is -0.0466. The Kier molecular flexibility index (Phi) is 3.57. The van der Waals surface area contributed by atoms with E-state index >= 15 is 0 Å². The second-order valence-electron chi connectivity index (χ2n) is 5.41. The second-order valence-corrected chi connectivity index (χ2v) is 5.41. The maximum Gasteiger partial charge on any atom is 0.226 e. The Bertz CT molecular complexity index is 369. The zero-order valence-corrected chi connectivity index (χ0v) is 10.7. The van der Waals surface area contributed by atoms with Gasteiger partial charge in [0.25, 0.3) is 0 Å². The molecule has 1 fully saturated rings. The average molecular weight is 236 g/mol. The van der Waals surface area contributed by atoms with Crippen LogP contribution < -0.4 is 5.32 Å². The number of aromatic nitrogens is 3. The Balaban J connectivity index is 2.05. The van der Waals surface area contributed by atoms with E-state index in [0.717, 1.165) is 31.9 Å². The van der Waals surface area contributed by atoms with Crippen LogP contribution in [0.25, 0.3) is 0 Å². The zero-order chi connectivity index (χ0) is 12.3. The molecule has 0 saturated carbocycles. The molecule has 94 valence electrons. The van der Waals surface area contributed by atoms with Gasteiger partial charge in [-0.2, -0.15) is 4.98 Å². The summed E-state index contributed by atoms with van der Waals surface area (Å²) in [4.78, 5) is 12.9. The molecule has 2 rings (SSSR count). The van der Waals surface area contributed by atoms with Gasteiger partial charge in [0.15, 0.2) is 0 Å². The lowest BCUT2D eigenvalue weighted by molar-refractivity contribution is 0.0903. The Morgan fingerprint density at radius 3 is 2.59 bits per heavy atom. The van der Waals surface area contributed by atoms with Crippen molar-refractivity contribution in [2.24, 2.45) is 0 Å². The summed E-state index contributed by atoms with van der Waals surface area (Å²) >= 11 is 0. The highest BCUT2D eigenvalue weighted by molar-refractivity contribution is 5.26. The summed E-state index contributed by atoms with van der Waals surface area (Å²) in [7, 11) is 0. The van der Waals surface area contributed by atoms with Gasteiger partial charge in [-0.3, -0.25) is 0 Å². The molecule has 1 aliphatic rings. The first-order valence-electron chi connectivity index (χ1n) is 6.09. The van der Waals surface area contributed by atoms with Crippen molar-refractivity contribution in [3.05, 3.63) is 12.2 Å². The third-order valence-corrected chi connectivity index (χ3v) is 2.80. The van der Waals surface area contributed by atoms with Gasteiger partial charge in [-0.05, 0) is 12.8 Å². The van der Waals surface area contributed by atoms with Crippen LogP contribution in [0.1, 0.15) is 39.4 Å². The Morgan fingerprint density at radius 2 is 1.94 bits per heavy atom. The Morgan fingerprint density at radius 1 is 1.24 bits per heavy atom. The molecule has 17 heavy (non-hydrogen) atoms. The van der Waals surface area contributed by atoms with Gasteiger partial charge in [-0.25, -0.2) is 9.97 Å². The van der Waals surface area contributed by atoms with Crippen molar-refractivity contribution in [2.75, 3.05) is 18.5 Å². The maximum atomic E-state index is 5.32. The minimum Gasteiger partial charge on any atom is -0.381 e. The van der Waals surface area contributed by atoms with Crippen LogP contribution in [0.2, 0.25) is 0 Å². The van der Waals surface area contributed by atoms with Crippen LogP contribution in [0.3, 0.4) is 0 Å². The van der Waals surface area contributed by atoms with Crippen molar-refractivity contribution in [1.82, 2.24) is 15.0 Å². The van der Waals surface area contributed by atoms with Crippen molar-refractivity contribution >= 4 is 5.95 Å². The van der Waals surface area contributed by atoms with E-state index in [-0.39, 0.29) is 5.41 Å². The number of hydrogen-bond donors (Lipinski definition) is 1. The van der Waals surface area contributed by atoms with Crippen molar-refractivity contribution in [2.45, 2.75) is 45.1 Å². The van der Waals surface area contributed by atoms with Gasteiger partial charge >= 0.3 is 0 Å². The largest absolute Gasteiger partial charge is 0.381 e. The van der Waals surface area contributed by atoms with E-state index < -0.39 is 0 Å². The van der Waals surface area contributed by atoms with Crippen LogP contribution in [0.4, 0.5) is 5.95 Å². The van der Waals surface area contributed by atoms with Gasteiger partial charge in [0, 0.05) is 24.7 Å². The predicted molar refractivity (Wildman–Crippen MR) is 66.0 cm³/mol. The summed E-state index contributed by atoms with van der Waals surface area (Å²) in [5.74, 6) is 1.50. The van der Waals surface area contributed by atoms with Gasteiger partial charge in [-0.1, -0.05) is 20.8 Å². The SMILES string of the molecule is CC(C)(C)c1ncnc(NC2CCOCC2)n1. The van der Waals surface area contributed by atoms with Gasteiger partial charge in [0.2, 0.25) is 5.95 Å². The number of hydrogen-bond acceptors (Lipinski definition) is 5. The zero-order valence-electron chi connectivity index (χ0n) is 10.7. The molecule has 2 heterocycles. The molecule has 1 saturated heterocycles. The molecule has 5 heteroatoms. The van der Waals surface area contributed by atoms with Crippen molar-refractivity contribution in [3.63, 3.8) is 0 Å². The summed E-state index contributed by atoms with van der Waals surface area (Å²) < 4.78 is 5.32. The molecule has 0 radical (unpaired) electrons. The summed E-state index contributed by atoms with van der Waals surface area (Å²) in [6, 6.07) is 0.416. The number of nitrogens with zero attached hydrogens (tertiary/aromatic N) is 3. The van der Waals surface area contributed by atoms with Crippen molar-refractivity contribution in [3.8, 4) is 0 Å². The maximum absolute atomic E-state index is 5.32. The lowest BCUT2D eigenvalue weighted by atomic mass is 9.96. The highest BCUT2D eigenvalue weighted by atomic mass is 16.5. The number of anilines is 1. The Hall–Kier alpha value is -1.23. The standard InChI is InChI=1S/C12H20N4O/c1-12(2,3)10-13-8-14-11(16-10)15-9-4-6-17-7-5-9/h8-9H,4-7H2,1-3H3,(H,13,14,15,16). The number of rotatable bonds is 2. The molecule has 1 N–H and O–H groups in total. The first kappa shape index (κ1) is 12.2. The molecular formula is C12H20N4O. The molecule has 0 bridgehead atoms. The van der Waals surface area contributed by atoms with E-state index in [1.165, 1.54) is 0 Å². The molecule has 1 aromatic heterocycles. The van der Waals surface area contributed by atoms with E-state index in [4.69, 9.17) is 4.74 Å². The number of ether oxygens (including phenoxy) is 1. The summed E-state index contributed by atoms with van der Waals surface area (Å²) in [6.07, 6.45) is 3.60. The third kappa shape index (κ3) is 3.36. The van der Waals surface area contributed by atoms with Crippen molar-refractivity contribution in [1.29, 1.82) is 0 Å². The van der Waals surface area contributed by atoms with Gasteiger partial charge in [0.1, 0.15) is 12.2 Å². The molecule has 1 aliphatic heterocycles. The molecule has 0 amide bonds. The van der Waals surface area contributed by atoms with E-state index in [1.54, 1.807) is 6.33 Å². The van der Waals surface area contributed by atoms with Crippen LogP contribution in [0.15, 0.2) is 6.33 Å². The molecular weight excluding hydrogens is 216 g/mol. The lowest BCUT2D eigenvalue weighted by Crippen LogP contribution is -2.29. The highest BCUT2D eigenvalue weighted by Crippen LogP contribution is 2.18. The van der Waals surface area contributed by atoms with Crippen LogP contribution >= 0.6 is 0 Å². The Labute approximate surface area is 102 Å². The molecule has 0 spiro atoms. The summed E-state index contributed by atoms with van der Waals surface area (Å²) in [5.41, 5.74) is -0.0466. The molecule has 5 nitrogen and oxygen atoms in total. The van der Waals surface area contributed by atoms with Crippen LogP contribution in [0, 0.1) is 0 Å². The van der Waals surface area contributed by atoms with Gasteiger partial charge in [-0.15, -0.1) is 0 Å². The quantitative estimate of drug-likeness (QED) is 0.847. The second kappa shape index (κ2) is 4.96. The fraction of sp³-hybridized carbons (Fsp3) is 0.750. The van der Waals surface area contributed by atoms with E-state index in [9.17, 15) is 0 Å². The highest BCUT2D eigenvalue weighted by Gasteiger charge is 2.19. The smallest absolute Gasteiger partial charge is 0.226 e. The topological polar surface area (TPSA) is 59.9 Å². The van der Waals surface area contributed by atoms with Crippen molar-refractivity contribution < 1.29 is 4.74 Å². The predicted octanol–water partition coefficient (Wildman–Crippen LogP) is 1.76. The first-order chi connectivity index (χ1) is 8.05. The lowest BCUT2D eigenvalue weighted by Gasteiger charge is -2.23. The third-order valence-electron chi connectivity index (χ3n) is 2.80. The molecule has 0 unspecified atom stereocenters. The van der Waals surface area contributed by atoms with E-state index in [2.05, 4.69) is 41.0 Å². The fourth-order valence-electron chi connectivity index (χ4n) is 1.75. The van der Waals surface area contributed by atoms with Gasteiger partial charge in [0.05, 0.1) is 0 Å². The first-order valence-corrected chi connectivity index (χ1v) is 6.09. The summed E-state index contributed by atoms with van der Waals surface area (Å²) in [6.45, 7) is 7.92. The van der Waals surface area contributed by atoms with E-state index in [0.29, 0.717) is 12.0 Å². The van der Waals surface area contributed by atoms with Crippen LogP contribution in [0.5, 0.6) is 0 Å².